The van der Waals surface area contributed by atoms with Crippen molar-refractivity contribution in [1.29, 1.82) is 5.26 Å². The molecule has 2 rings (SSSR count). The van der Waals surface area contributed by atoms with Crippen LogP contribution < -0.4 is 5.32 Å². The van der Waals surface area contributed by atoms with Crippen molar-refractivity contribution in [2.45, 2.75) is 6.54 Å². The van der Waals surface area contributed by atoms with Crippen LogP contribution in [0, 0.1) is 11.3 Å². The van der Waals surface area contributed by atoms with E-state index in [1.807, 2.05) is 30.3 Å². The molecular formula is C12H9BrN4. The molecular weight excluding hydrogens is 280 g/mol. The van der Waals surface area contributed by atoms with Gasteiger partial charge in [0.25, 0.3) is 0 Å². The summed E-state index contributed by atoms with van der Waals surface area (Å²) in [5.41, 5.74) is 1.49. The van der Waals surface area contributed by atoms with Gasteiger partial charge in [0.15, 0.2) is 0 Å². The number of halogens is 1. The lowest BCUT2D eigenvalue weighted by molar-refractivity contribution is 1.07. The van der Waals surface area contributed by atoms with E-state index in [-0.39, 0.29) is 0 Å². The lowest BCUT2D eigenvalue weighted by atomic mass is 10.2. The second-order valence-corrected chi connectivity index (χ2v) is 4.30. The van der Waals surface area contributed by atoms with Gasteiger partial charge in [0.2, 0.25) is 0 Å². The molecule has 2 aromatic rings. The van der Waals surface area contributed by atoms with E-state index in [4.69, 9.17) is 5.26 Å². The van der Waals surface area contributed by atoms with Crippen LogP contribution in [0.5, 0.6) is 0 Å². The number of rotatable bonds is 3. The number of nitriles is 1. The Morgan fingerprint density at radius 3 is 2.94 bits per heavy atom. The number of benzene rings is 1. The molecule has 0 aliphatic carbocycles. The summed E-state index contributed by atoms with van der Waals surface area (Å²) < 4.78 is 1.04. The van der Waals surface area contributed by atoms with Gasteiger partial charge in [0.1, 0.15) is 23.9 Å². The Bertz CT molecular complexity index is 562. The van der Waals surface area contributed by atoms with Crippen LogP contribution in [-0.2, 0) is 6.54 Å². The van der Waals surface area contributed by atoms with E-state index < -0.39 is 0 Å². The quantitative estimate of drug-likeness (QED) is 0.943. The first-order valence-electron chi connectivity index (χ1n) is 4.98. The molecule has 0 aliphatic rings. The average molecular weight is 289 g/mol. The van der Waals surface area contributed by atoms with Crippen molar-refractivity contribution in [2.75, 3.05) is 5.32 Å². The number of aromatic nitrogens is 2. The largest absolute Gasteiger partial charge is 0.366 e. The van der Waals surface area contributed by atoms with E-state index in [1.165, 1.54) is 6.33 Å². The highest BCUT2D eigenvalue weighted by Gasteiger charge is 1.98. The highest BCUT2D eigenvalue weighted by atomic mass is 79.9. The maximum atomic E-state index is 8.71. The zero-order valence-corrected chi connectivity index (χ0v) is 10.5. The molecule has 0 radical (unpaired) electrons. The first-order valence-corrected chi connectivity index (χ1v) is 5.78. The Morgan fingerprint density at radius 1 is 1.29 bits per heavy atom. The third kappa shape index (κ3) is 3.26. The Kier molecular flexibility index (Phi) is 3.68. The second kappa shape index (κ2) is 5.41. The maximum Gasteiger partial charge on any atom is 0.145 e. The number of anilines is 1. The Hall–Kier alpha value is -1.93. The fourth-order valence-corrected chi connectivity index (χ4v) is 1.80. The van der Waals surface area contributed by atoms with Gasteiger partial charge in [0.05, 0.1) is 0 Å². The number of hydrogen-bond acceptors (Lipinski definition) is 4. The van der Waals surface area contributed by atoms with Crippen molar-refractivity contribution >= 4 is 21.7 Å². The summed E-state index contributed by atoms with van der Waals surface area (Å²) in [5, 5.41) is 11.8. The smallest absolute Gasteiger partial charge is 0.145 e. The van der Waals surface area contributed by atoms with E-state index in [0.717, 1.165) is 10.0 Å². The molecule has 0 fully saturated rings. The van der Waals surface area contributed by atoms with Crippen LogP contribution in [0.25, 0.3) is 0 Å². The van der Waals surface area contributed by atoms with Gasteiger partial charge in [0, 0.05) is 17.1 Å². The van der Waals surface area contributed by atoms with E-state index in [1.54, 1.807) is 6.07 Å². The van der Waals surface area contributed by atoms with Crippen molar-refractivity contribution in [2.24, 2.45) is 0 Å². The summed E-state index contributed by atoms with van der Waals surface area (Å²) in [6.07, 6.45) is 1.38. The minimum absolute atomic E-state index is 0.358. The van der Waals surface area contributed by atoms with Crippen LogP contribution in [0.3, 0.4) is 0 Å². The second-order valence-electron chi connectivity index (χ2n) is 3.38. The summed E-state index contributed by atoms with van der Waals surface area (Å²) in [6, 6.07) is 11.6. The Morgan fingerprint density at radius 2 is 2.18 bits per heavy atom. The molecule has 5 heteroatoms. The number of hydrogen-bond donors (Lipinski definition) is 1. The summed E-state index contributed by atoms with van der Waals surface area (Å²) in [5.74, 6) is 0.650. The molecule has 1 N–H and O–H groups in total. The molecule has 0 unspecified atom stereocenters. The average Bonchev–Trinajstić information content (AvgIpc) is 2.37. The summed E-state index contributed by atoms with van der Waals surface area (Å²) in [6.45, 7) is 0.654. The SMILES string of the molecule is N#Cc1cc(NCc2cccc(Br)c2)ncn1. The lowest BCUT2D eigenvalue weighted by Gasteiger charge is -2.05. The van der Waals surface area contributed by atoms with Gasteiger partial charge >= 0.3 is 0 Å². The normalized spacial score (nSPS) is 9.65. The zero-order valence-electron chi connectivity index (χ0n) is 8.89. The predicted molar refractivity (Wildman–Crippen MR) is 68.2 cm³/mol. The topological polar surface area (TPSA) is 61.6 Å². The molecule has 0 amide bonds. The molecule has 0 spiro atoms. The molecule has 0 atom stereocenters. The van der Waals surface area contributed by atoms with Crippen molar-refractivity contribution in [3.8, 4) is 6.07 Å². The third-order valence-electron chi connectivity index (χ3n) is 2.14. The minimum Gasteiger partial charge on any atom is -0.366 e. The van der Waals surface area contributed by atoms with Gasteiger partial charge in [-0.15, -0.1) is 0 Å². The van der Waals surface area contributed by atoms with Gasteiger partial charge < -0.3 is 5.32 Å². The van der Waals surface area contributed by atoms with Gasteiger partial charge in [-0.1, -0.05) is 28.1 Å². The first-order chi connectivity index (χ1) is 8.28. The van der Waals surface area contributed by atoms with E-state index in [2.05, 4.69) is 31.2 Å². The third-order valence-corrected chi connectivity index (χ3v) is 2.64. The molecule has 1 aromatic carbocycles. The van der Waals surface area contributed by atoms with Gasteiger partial charge in [-0.05, 0) is 17.7 Å². The number of nitrogens with zero attached hydrogens (tertiary/aromatic N) is 3. The van der Waals surface area contributed by atoms with Crippen LogP contribution in [-0.4, -0.2) is 9.97 Å². The molecule has 4 nitrogen and oxygen atoms in total. The van der Waals surface area contributed by atoms with Crippen LogP contribution >= 0.6 is 15.9 Å². The molecule has 1 aromatic heterocycles. The predicted octanol–water partition coefficient (Wildman–Crippen LogP) is 2.72. The molecule has 17 heavy (non-hydrogen) atoms. The molecule has 0 saturated carbocycles. The van der Waals surface area contributed by atoms with E-state index in [0.29, 0.717) is 18.1 Å². The Labute approximate surface area is 107 Å². The highest BCUT2D eigenvalue weighted by molar-refractivity contribution is 9.10. The minimum atomic E-state index is 0.358. The van der Waals surface area contributed by atoms with Crippen molar-refractivity contribution in [3.63, 3.8) is 0 Å². The summed E-state index contributed by atoms with van der Waals surface area (Å²) >= 11 is 3.41. The molecule has 0 aliphatic heterocycles. The van der Waals surface area contributed by atoms with Gasteiger partial charge in [-0.2, -0.15) is 5.26 Å². The first kappa shape index (κ1) is 11.6. The molecule has 1 heterocycles. The van der Waals surface area contributed by atoms with Crippen LogP contribution in [0.4, 0.5) is 5.82 Å². The van der Waals surface area contributed by atoms with E-state index in [9.17, 15) is 0 Å². The standard InChI is InChI=1S/C12H9BrN4/c13-10-3-1-2-9(4-10)7-15-12-5-11(6-14)16-8-17-12/h1-5,8H,7H2,(H,15,16,17). The van der Waals surface area contributed by atoms with Crippen molar-refractivity contribution in [1.82, 2.24) is 9.97 Å². The fourth-order valence-electron chi connectivity index (χ4n) is 1.35. The molecule has 0 saturated heterocycles. The van der Waals surface area contributed by atoms with Crippen LogP contribution in [0.1, 0.15) is 11.3 Å². The summed E-state index contributed by atoms with van der Waals surface area (Å²) in [4.78, 5) is 7.85. The highest BCUT2D eigenvalue weighted by Crippen LogP contribution is 2.13. The lowest BCUT2D eigenvalue weighted by Crippen LogP contribution is -2.02. The molecule has 0 bridgehead atoms. The number of nitrogens with one attached hydrogen (secondary N) is 1. The van der Waals surface area contributed by atoms with E-state index >= 15 is 0 Å². The van der Waals surface area contributed by atoms with Crippen LogP contribution in [0.15, 0.2) is 41.1 Å². The Balaban J connectivity index is 2.05. The monoisotopic (exact) mass is 288 g/mol. The summed E-state index contributed by atoms with van der Waals surface area (Å²) in [7, 11) is 0. The zero-order chi connectivity index (χ0) is 12.1. The van der Waals surface area contributed by atoms with Gasteiger partial charge in [-0.3, -0.25) is 0 Å². The van der Waals surface area contributed by atoms with Gasteiger partial charge in [-0.25, -0.2) is 9.97 Å². The van der Waals surface area contributed by atoms with Crippen molar-refractivity contribution < 1.29 is 0 Å². The maximum absolute atomic E-state index is 8.71. The van der Waals surface area contributed by atoms with Crippen LogP contribution in [0.2, 0.25) is 0 Å². The van der Waals surface area contributed by atoms with Crippen molar-refractivity contribution in [3.05, 3.63) is 52.4 Å². The molecule has 84 valence electrons. The fraction of sp³-hybridized carbons (Fsp3) is 0.0833.